The molecule has 1 aliphatic rings. The predicted octanol–water partition coefficient (Wildman–Crippen LogP) is 2.43. The SMILES string of the molecule is CN(C)CCC1c2c([nH]ccc2=O)CCN1Cc1ccccc1. The van der Waals surface area contributed by atoms with Crippen LogP contribution in [-0.2, 0) is 13.0 Å². The first-order chi connectivity index (χ1) is 11.1. The van der Waals surface area contributed by atoms with Crippen molar-refractivity contribution in [3.05, 3.63) is 69.6 Å². The zero-order valence-corrected chi connectivity index (χ0v) is 14.0. The van der Waals surface area contributed by atoms with E-state index in [1.54, 1.807) is 12.3 Å². The zero-order valence-electron chi connectivity index (χ0n) is 14.0. The number of aromatic nitrogens is 1. The fourth-order valence-electron chi connectivity index (χ4n) is 3.41. The predicted molar refractivity (Wildman–Crippen MR) is 93.5 cm³/mol. The highest BCUT2D eigenvalue weighted by Crippen LogP contribution is 2.30. The van der Waals surface area contributed by atoms with Gasteiger partial charge in [-0.15, -0.1) is 0 Å². The maximum absolute atomic E-state index is 12.5. The van der Waals surface area contributed by atoms with E-state index in [1.165, 1.54) is 5.56 Å². The summed E-state index contributed by atoms with van der Waals surface area (Å²) >= 11 is 0. The summed E-state index contributed by atoms with van der Waals surface area (Å²) in [6, 6.07) is 12.4. The minimum Gasteiger partial charge on any atom is -0.364 e. The molecule has 1 N–H and O–H groups in total. The highest BCUT2D eigenvalue weighted by Gasteiger charge is 2.29. The molecule has 2 heterocycles. The van der Waals surface area contributed by atoms with Crippen LogP contribution in [-0.4, -0.2) is 42.0 Å². The standard InChI is InChI=1S/C19H25N3O/c1-21(2)12-10-17-19-16(20-11-8-18(19)23)9-13-22(17)14-15-6-4-3-5-7-15/h3-8,11,17H,9-10,12-14H2,1-2H3,(H,20,23). The Bertz CT molecular complexity index is 693. The third kappa shape index (κ3) is 3.71. The van der Waals surface area contributed by atoms with Crippen molar-refractivity contribution >= 4 is 0 Å². The number of H-pyrrole nitrogens is 1. The molecule has 23 heavy (non-hydrogen) atoms. The molecule has 1 unspecified atom stereocenters. The lowest BCUT2D eigenvalue weighted by atomic mass is 9.93. The molecule has 0 amide bonds. The van der Waals surface area contributed by atoms with Gasteiger partial charge in [0.2, 0.25) is 0 Å². The first-order valence-electron chi connectivity index (χ1n) is 8.28. The summed E-state index contributed by atoms with van der Waals surface area (Å²) in [4.78, 5) is 20.4. The zero-order chi connectivity index (χ0) is 16.2. The number of pyridine rings is 1. The highest BCUT2D eigenvalue weighted by molar-refractivity contribution is 5.27. The van der Waals surface area contributed by atoms with Gasteiger partial charge in [-0.2, -0.15) is 0 Å². The topological polar surface area (TPSA) is 39.3 Å². The minimum atomic E-state index is 0.167. The Kier molecular flexibility index (Phi) is 4.94. The van der Waals surface area contributed by atoms with E-state index in [0.717, 1.165) is 43.7 Å². The minimum absolute atomic E-state index is 0.167. The summed E-state index contributed by atoms with van der Waals surface area (Å²) in [5.41, 5.74) is 3.56. The fourth-order valence-corrected chi connectivity index (χ4v) is 3.41. The molecule has 0 spiro atoms. The van der Waals surface area contributed by atoms with Crippen molar-refractivity contribution in [2.24, 2.45) is 0 Å². The third-order valence-electron chi connectivity index (χ3n) is 4.58. The van der Waals surface area contributed by atoms with Crippen LogP contribution in [0.2, 0.25) is 0 Å². The summed E-state index contributed by atoms with van der Waals surface area (Å²) in [6.45, 7) is 2.86. The molecule has 1 aromatic carbocycles. The smallest absolute Gasteiger partial charge is 0.186 e. The fraction of sp³-hybridized carbons (Fsp3) is 0.421. The molecule has 0 saturated carbocycles. The van der Waals surface area contributed by atoms with E-state index >= 15 is 0 Å². The number of nitrogens with one attached hydrogen (secondary N) is 1. The van der Waals surface area contributed by atoms with Crippen LogP contribution in [0.5, 0.6) is 0 Å². The second-order valence-corrected chi connectivity index (χ2v) is 6.55. The Balaban J connectivity index is 1.89. The second-order valence-electron chi connectivity index (χ2n) is 6.55. The van der Waals surface area contributed by atoms with Crippen molar-refractivity contribution in [2.75, 3.05) is 27.2 Å². The molecule has 3 rings (SSSR count). The normalized spacial score (nSPS) is 18.1. The van der Waals surface area contributed by atoms with E-state index in [-0.39, 0.29) is 11.5 Å². The van der Waals surface area contributed by atoms with Crippen molar-refractivity contribution in [1.29, 1.82) is 0 Å². The molecule has 4 nitrogen and oxygen atoms in total. The van der Waals surface area contributed by atoms with Crippen molar-refractivity contribution in [2.45, 2.75) is 25.4 Å². The maximum atomic E-state index is 12.5. The largest absolute Gasteiger partial charge is 0.364 e. The molecule has 1 atom stereocenters. The summed E-state index contributed by atoms with van der Waals surface area (Å²) in [5, 5.41) is 0. The Hall–Kier alpha value is -1.91. The van der Waals surface area contributed by atoms with Gasteiger partial charge >= 0.3 is 0 Å². The first-order valence-corrected chi connectivity index (χ1v) is 8.28. The average molecular weight is 311 g/mol. The van der Waals surface area contributed by atoms with Crippen LogP contribution in [0.1, 0.15) is 29.3 Å². The van der Waals surface area contributed by atoms with Crippen LogP contribution in [0.15, 0.2) is 47.4 Å². The number of aromatic amines is 1. The van der Waals surface area contributed by atoms with E-state index < -0.39 is 0 Å². The molecule has 0 bridgehead atoms. The highest BCUT2D eigenvalue weighted by atomic mass is 16.1. The third-order valence-corrected chi connectivity index (χ3v) is 4.58. The van der Waals surface area contributed by atoms with E-state index in [9.17, 15) is 4.79 Å². The lowest BCUT2D eigenvalue weighted by Gasteiger charge is -2.37. The van der Waals surface area contributed by atoms with Crippen molar-refractivity contribution in [1.82, 2.24) is 14.8 Å². The number of rotatable bonds is 5. The molecule has 2 aromatic rings. The average Bonchev–Trinajstić information content (AvgIpc) is 2.55. The van der Waals surface area contributed by atoms with Crippen LogP contribution in [0, 0.1) is 0 Å². The van der Waals surface area contributed by atoms with Gasteiger partial charge in [0, 0.05) is 49.1 Å². The lowest BCUT2D eigenvalue weighted by Crippen LogP contribution is -2.40. The Morgan fingerprint density at radius 1 is 1.22 bits per heavy atom. The van der Waals surface area contributed by atoms with Gasteiger partial charge in [0.1, 0.15) is 0 Å². The number of benzene rings is 1. The Morgan fingerprint density at radius 3 is 2.74 bits per heavy atom. The van der Waals surface area contributed by atoms with Gasteiger partial charge in [0.05, 0.1) is 0 Å². The van der Waals surface area contributed by atoms with Crippen molar-refractivity contribution in [3.8, 4) is 0 Å². The van der Waals surface area contributed by atoms with E-state index in [2.05, 4.69) is 53.1 Å². The quantitative estimate of drug-likeness (QED) is 0.922. The van der Waals surface area contributed by atoms with Gasteiger partial charge in [-0.05, 0) is 32.6 Å². The molecule has 0 saturated heterocycles. The molecule has 0 aliphatic carbocycles. The Labute approximate surface area is 137 Å². The molecule has 122 valence electrons. The van der Waals surface area contributed by atoms with Gasteiger partial charge in [-0.1, -0.05) is 30.3 Å². The van der Waals surface area contributed by atoms with Gasteiger partial charge < -0.3 is 9.88 Å². The number of nitrogens with zero attached hydrogens (tertiary/aromatic N) is 2. The molecular weight excluding hydrogens is 286 g/mol. The monoisotopic (exact) mass is 311 g/mol. The van der Waals surface area contributed by atoms with Crippen LogP contribution in [0.3, 0.4) is 0 Å². The summed E-state index contributed by atoms with van der Waals surface area (Å²) in [5.74, 6) is 0. The number of hydrogen-bond acceptors (Lipinski definition) is 3. The molecule has 0 radical (unpaired) electrons. The molecular formula is C19H25N3O. The van der Waals surface area contributed by atoms with Crippen LogP contribution in [0.25, 0.3) is 0 Å². The van der Waals surface area contributed by atoms with Crippen molar-refractivity contribution < 1.29 is 0 Å². The van der Waals surface area contributed by atoms with Crippen LogP contribution >= 0.6 is 0 Å². The van der Waals surface area contributed by atoms with E-state index in [4.69, 9.17) is 0 Å². The number of fused-ring (bicyclic) bond motifs is 1. The van der Waals surface area contributed by atoms with Gasteiger partial charge in [0.15, 0.2) is 5.43 Å². The van der Waals surface area contributed by atoms with Crippen molar-refractivity contribution in [3.63, 3.8) is 0 Å². The summed E-state index contributed by atoms with van der Waals surface area (Å²) in [7, 11) is 4.17. The molecule has 1 aromatic heterocycles. The summed E-state index contributed by atoms with van der Waals surface area (Å²) < 4.78 is 0. The van der Waals surface area contributed by atoms with E-state index in [1.807, 2.05) is 6.07 Å². The summed E-state index contributed by atoms with van der Waals surface area (Å²) in [6.07, 6.45) is 3.66. The van der Waals surface area contributed by atoms with Gasteiger partial charge in [-0.25, -0.2) is 0 Å². The van der Waals surface area contributed by atoms with Crippen LogP contribution in [0.4, 0.5) is 0 Å². The molecule has 4 heteroatoms. The second kappa shape index (κ2) is 7.11. The molecule has 0 fully saturated rings. The number of hydrogen-bond donors (Lipinski definition) is 1. The van der Waals surface area contributed by atoms with Crippen LogP contribution < -0.4 is 5.43 Å². The van der Waals surface area contributed by atoms with Gasteiger partial charge in [0.25, 0.3) is 0 Å². The lowest BCUT2D eigenvalue weighted by molar-refractivity contribution is 0.154. The van der Waals surface area contributed by atoms with Gasteiger partial charge in [-0.3, -0.25) is 9.69 Å². The molecule has 1 aliphatic heterocycles. The van der Waals surface area contributed by atoms with E-state index in [0.29, 0.717) is 0 Å². The maximum Gasteiger partial charge on any atom is 0.186 e. The Morgan fingerprint density at radius 2 is 2.00 bits per heavy atom. The first kappa shape index (κ1) is 16.0.